The predicted octanol–water partition coefficient (Wildman–Crippen LogP) is 2.37. The Morgan fingerprint density at radius 3 is 2.52 bits per heavy atom. The molecule has 0 spiro atoms. The predicted molar refractivity (Wildman–Crippen MR) is 117 cm³/mol. The lowest BCUT2D eigenvalue weighted by molar-refractivity contribution is 0.400. The summed E-state index contributed by atoms with van der Waals surface area (Å²) in [5, 5.41) is 9.47. The molecule has 11 heteroatoms. The molecule has 2 aromatic heterocycles. The molecule has 3 aromatic rings. The van der Waals surface area contributed by atoms with E-state index in [1.165, 1.54) is 10.6 Å². The van der Waals surface area contributed by atoms with Gasteiger partial charge in [0.25, 0.3) is 0 Å². The normalized spacial score (nSPS) is 17.8. The first-order valence-electron chi connectivity index (χ1n) is 10.1. The molecule has 31 heavy (non-hydrogen) atoms. The second-order valence-corrected chi connectivity index (χ2v) is 10.3. The summed E-state index contributed by atoms with van der Waals surface area (Å²) in [6.45, 7) is 2.07. The van der Waals surface area contributed by atoms with Crippen LogP contribution in [0.5, 0.6) is 0 Å². The van der Waals surface area contributed by atoms with Gasteiger partial charge in [0, 0.05) is 43.0 Å². The number of rotatable bonds is 3. The van der Waals surface area contributed by atoms with E-state index in [9.17, 15) is 8.42 Å². The van der Waals surface area contributed by atoms with Gasteiger partial charge >= 0.3 is 0 Å². The third-order valence-electron chi connectivity index (χ3n) is 5.87. The van der Waals surface area contributed by atoms with Gasteiger partial charge in [0.05, 0.1) is 18.5 Å². The second kappa shape index (κ2) is 7.85. The van der Waals surface area contributed by atoms with Gasteiger partial charge in [0.2, 0.25) is 16.0 Å². The van der Waals surface area contributed by atoms with E-state index in [1.807, 2.05) is 28.8 Å². The van der Waals surface area contributed by atoms with Gasteiger partial charge in [-0.3, -0.25) is 4.57 Å². The Morgan fingerprint density at radius 2 is 1.81 bits per heavy atom. The van der Waals surface area contributed by atoms with Crippen molar-refractivity contribution in [3.8, 4) is 5.69 Å². The zero-order valence-electron chi connectivity index (χ0n) is 17.0. The average molecular weight is 460 g/mol. The molecular weight excluding hydrogens is 438 g/mol. The number of fused-ring (bicyclic) bond motifs is 3. The Bertz CT molecular complexity index is 1210. The van der Waals surface area contributed by atoms with Crippen LogP contribution >= 0.6 is 11.6 Å². The summed E-state index contributed by atoms with van der Waals surface area (Å²) < 4.78 is 28.1. The lowest BCUT2D eigenvalue weighted by atomic mass is 9.95. The fourth-order valence-electron chi connectivity index (χ4n) is 4.29. The fraction of sp³-hybridized carbons (Fsp3) is 0.400. The number of aromatic nitrogens is 5. The molecule has 4 heterocycles. The van der Waals surface area contributed by atoms with Crippen LogP contribution in [0.25, 0.3) is 5.69 Å². The molecule has 9 nitrogen and oxygen atoms in total. The van der Waals surface area contributed by atoms with E-state index >= 15 is 0 Å². The minimum atomic E-state index is -3.41. The minimum Gasteiger partial charge on any atom is -0.341 e. The summed E-state index contributed by atoms with van der Waals surface area (Å²) in [5.74, 6) is 2.43. The lowest BCUT2D eigenvalue weighted by Gasteiger charge is -2.31. The topological polar surface area (TPSA) is 97.1 Å². The zero-order chi connectivity index (χ0) is 21.6. The Hall–Kier alpha value is -2.56. The maximum atomic E-state index is 12.3. The highest BCUT2D eigenvalue weighted by molar-refractivity contribution is 7.88. The molecule has 0 radical (unpaired) electrons. The molecule has 0 unspecified atom stereocenters. The number of hydrogen-bond donors (Lipinski definition) is 0. The standard InChI is InChI=1S/C20H22ClN7O2S/c1-31(29,30)27-12-15-11-16(21)3-4-17(15)28-18(13-27)24-25-19(28)14-5-9-26(10-6-14)20-22-7-2-8-23-20/h2-4,7-8,11,14H,5-6,9-10,12-13H2,1H3. The van der Waals surface area contributed by atoms with Gasteiger partial charge in [-0.15, -0.1) is 10.2 Å². The summed E-state index contributed by atoms with van der Waals surface area (Å²) in [6, 6.07) is 7.38. The van der Waals surface area contributed by atoms with E-state index in [0.717, 1.165) is 49.0 Å². The second-order valence-electron chi connectivity index (χ2n) is 7.92. The largest absolute Gasteiger partial charge is 0.341 e. The highest BCUT2D eigenvalue weighted by Crippen LogP contribution is 2.34. The molecule has 0 atom stereocenters. The number of piperidine rings is 1. The van der Waals surface area contributed by atoms with Crippen LogP contribution in [0, 0.1) is 0 Å². The third kappa shape index (κ3) is 3.90. The van der Waals surface area contributed by atoms with Crippen LogP contribution in [-0.2, 0) is 23.1 Å². The molecule has 1 aromatic carbocycles. The Labute approximate surface area is 185 Å². The van der Waals surface area contributed by atoms with E-state index in [2.05, 4.69) is 25.1 Å². The molecular formula is C20H22ClN7O2S. The van der Waals surface area contributed by atoms with Crippen LogP contribution in [0.15, 0.2) is 36.7 Å². The summed E-state index contributed by atoms with van der Waals surface area (Å²) >= 11 is 6.23. The first kappa shape index (κ1) is 20.3. The van der Waals surface area contributed by atoms with Gasteiger partial charge in [-0.2, -0.15) is 4.31 Å². The van der Waals surface area contributed by atoms with Crippen LogP contribution in [0.2, 0.25) is 5.02 Å². The van der Waals surface area contributed by atoms with Crippen LogP contribution in [0.1, 0.15) is 36.0 Å². The van der Waals surface area contributed by atoms with Gasteiger partial charge in [0.15, 0.2) is 5.82 Å². The molecule has 0 amide bonds. The van der Waals surface area contributed by atoms with Crippen molar-refractivity contribution in [2.24, 2.45) is 0 Å². The number of anilines is 1. The SMILES string of the molecule is CS(=O)(=O)N1Cc2cc(Cl)ccc2-n2c(nnc2C2CCN(c3ncccn3)CC2)C1. The first-order chi connectivity index (χ1) is 14.9. The minimum absolute atomic E-state index is 0.175. The summed E-state index contributed by atoms with van der Waals surface area (Å²) in [4.78, 5) is 10.9. The molecule has 1 saturated heterocycles. The van der Waals surface area contributed by atoms with Crippen molar-refractivity contribution in [3.05, 3.63) is 58.9 Å². The Morgan fingerprint density at radius 1 is 1.06 bits per heavy atom. The maximum absolute atomic E-state index is 12.3. The van der Waals surface area contributed by atoms with E-state index in [1.54, 1.807) is 12.4 Å². The van der Waals surface area contributed by atoms with E-state index < -0.39 is 10.0 Å². The molecule has 2 aliphatic rings. The highest BCUT2D eigenvalue weighted by Gasteiger charge is 2.32. The maximum Gasteiger partial charge on any atom is 0.225 e. The van der Waals surface area contributed by atoms with Crippen molar-refractivity contribution in [1.82, 2.24) is 29.0 Å². The van der Waals surface area contributed by atoms with Crippen LogP contribution < -0.4 is 4.90 Å². The molecule has 5 rings (SSSR count). The van der Waals surface area contributed by atoms with Crippen LogP contribution in [-0.4, -0.2) is 56.8 Å². The molecule has 1 fully saturated rings. The third-order valence-corrected chi connectivity index (χ3v) is 7.30. The summed E-state index contributed by atoms with van der Waals surface area (Å²) in [6.07, 6.45) is 6.49. The Kier molecular flexibility index (Phi) is 5.15. The van der Waals surface area contributed by atoms with Gasteiger partial charge < -0.3 is 4.90 Å². The average Bonchev–Trinajstić information content (AvgIpc) is 3.09. The van der Waals surface area contributed by atoms with Crippen LogP contribution in [0.4, 0.5) is 5.95 Å². The molecule has 0 aliphatic carbocycles. The summed E-state index contributed by atoms with van der Waals surface area (Å²) in [5.41, 5.74) is 1.73. The lowest BCUT2D eigenvalue weighted by Crippen LogP contribution is -2.34. The van der Waals surface area contributed by atoms with Gasteiger partial charge in [-0.25, -0.2) is 18.4 Å². The number of hydrogen-bond acceptors (Lipinski definition) is 7. The van der Waals surface area contributed by atoms with Gasteiger partial charge in [0.1, 0.15) is 5.82 Å². The molecule has 2 aliphatic heterocycles. The number of halogens is 1. The van der Waals surface area contributed by atoms with Gasteiger partial charge in [-0.05, 0) is 42.7 Å². The monoisotopic (exact) mass is 459 g/mol. The number of sulfonamides is 1. The first-order valence-corrected chi connectivity index (χ1v) is 12.3. The van der Waals surface area contributed by atoms with Crippen molar-refractivity contribution in [2.45, 2.75) is 31.8 Å². The highest BCUT2D eigenvalue weighted by atomic mass is 35.5. The fourth-order valence-corrected chi connectivity index (χ4v) is 5.21. The Balaban J connectivity index is 1.49. The van der Waals surface area contributed by atoms with Gasteiger partial charge in [-0.1, -0.05) is 11.6 Å². The van der Waals surface area contributed by atoms with Crippen LogP contribution in [0.3, 0.4) is 0 Å². The van der Waals surface area contributed by atoms with Crippen molar-refractivity contribution >= 4 is 27.6 Å². The summed E-state index contributed by atoms with van der Waals surface area (Å²) in [7, 11) is -3.41. The molecule has 0 saturated carbocycles. The smallest absolute Gasteiger partial charge is 0.225 e. The van der Waals surface area contributed by atoms with Crippen molar-refractivity contribution in [3.63, 3.8) is 0 Å². The van der Waals surface area contributed by atoms with Crippen molar-refractivity contribution < 1.29 is 8.42 Å². The number of benzene rings is 1. The van der Waals surface area contributed by atoms with E-state index in [-0.39, 0.29) is 19.0 Å². The van der Waals surface area contributed by atoms with Crippen molar-refractivity contribution in [2.75, 3.05) is 24.2 Å². The van der Waals surface area contributed by atoms with E-state index in [0.29, 0.717) is 10.8 Å². The molecule has 162 valence electrons. The molecule has 0 bridgehead atoms. The van der Waals surface area contributed by atoms with Crippen molar-refractivity contribution in [1.29, 1.82) is 0 Å². The quantitative estimate of drug-likeness (QED) is 0.593. The number of nitrogens with zero attached hydrogens (tertiary/aromatic N) is 7. The van der Waals surface area contributed by atoms with E-state index in [4.69, 9.17) is 11.6 Å². The zero-order valence-corrected chi connectivity index (χ0v) is 18.6. The molecule has 0 N–H and O–H groups in total.